The van der Waals surface area contributed by atoms with Crippen LogP contribution in [0.4, 0.5) is 0 Å². The quantitative estimate of drug-likeness (QED) is 0.429. The highest BCUT2D eigenvalue weighted by Gasteiger charge is 2.14. The number of nitrogens with one attached hydrogen (secondary N) is 2. The van der Waals surface area contributed by atoms with Crippen LogP contribution >= 0.6 is 0 Å². The molecule has 3 aromatic rings. The van der Waals surface area contributed by atoms with Gasteiger partial charge in [-0.05, 0) is 56.0 Å². The highest BCUT2D eigenvalue weighted by molar-refractivity contribution is 5.79. The zero-order valence-electron chi connectivity index (χ0n) is 19.1. The Hall–Kier alpha value is -3.28. The van der Waals surface area contributed by atoms with Gasteiger partial charge < -0.3 is 15.4 Å². The van der Waals surface area contributed by atoms with Crippen molar-refractivity contribution in [1.29, 1.82) is 0 Å². The number of aromatic nitrogens is 2. The van der Waals surface area contributed by atoms with Gasteiger partial charge in [-0.15, -0.1) is 0 Å². The molecule has 0 spiro atoms. The topological polar surface area (TPSA) is 63.5 Å². The first-order valence-electron chi connectivity index (χ1n) is 10.7. The van der Waals surface area contributed by atoms with E-state index in [0.29, 0.717) is 13.2 Å². The maximum atomic E-state index is 5.81. The maximum absolute atomic E-state index is 5.81. The molecule has 1 unspecified atom stereocenters. The number of guanidine groups is 1. The van der Waals surface area contributed by atoms with Crippen LogP contribution in [0.25, 0.3) is 0 Å². The van der Waals surface area contributed by atoms with Crippen molar-refractivity contribution in [1.82, 2.24) is 20.4 Å². The SMILES string of the molecule is CN=C(NCc1ccc(COc2ccccc2)cc1)NC(C)Cc1c(C)nn(C)c1C. The number of aryl methyl sites for hydroxylation is 2. The molecule has 0 amide bonds. The van der Waals surface area contributed by atoms with Crippen LogP contribution in [0.3, 0.4) is 0 Å². The molecule has 0 saturated carbocycles. The summed E-state index contributed by atoms with van der Waals surface area (Å²) in [5, 5.41) is 11.4. The lowest BCUT2D eigenvalue weighted by Gasteiger charge is -2.18. The van der Waals surface area contributed by atoms with E-state index in [4.69, 9.17) is 4.74 Å². The van der Waals surface area contributed by atoms with Crippen molar-refractivity contribution in [3.8, 4) is 5.75 Å². The molecule has 164 valence electrons. The largest absolute Gasteiger partial charge is 0.489 e. The number of hydrogen-bond donors (Lipinski definition) is 2. The molecule has 31 heavy (non-hydrogen) atoms. The van der Waals surface area contributed by atoms with Crippen molar-refractivity contribution < 1.29 is 4.74 Å². The first-order chi connectivity index (χ1) is 15.0. The van der Waals surface area contributed by atoms with Crippen LogP contribution in [0.15, 0.2) is 59.6 Å². The molecule has 1 atom stereocenters. The molecule has 6 nitrogen and oxygen atoms in total. The first kappa shape index (κ1) is 22.4. The van der Waals surface area contributed by atoms with Gasteiger partial charge in [0.25, 0.3) is 0 Å². The van der Waals surface area contributed by atoms with Crippen LogP contribution in [0, 0.1) is 13.8 Å². The van der Waals surface area contributed by atoms with E-state index in [0.717, 1.165) is 29.4 Å². The lowest BCUT2D eigenvalue weighted by Crippen LogP contribution is -2.42. The number of benzene rings is 2. The second-order valence-corrected chi connectivity index (χ2v) is 7.87. The van der Waals surface area contributed by atoms with E-state index in [1.54, 1.807) is 7.05 Å². The average molecular weight is 420 g/mol. The minimum absolute atomic E-state index is 0.241. The van der Waals surface area contributed by atoms with Crippen LogP contribution in [0.1, 0.15) is 35.0 Å². The fourth-order valence-corrected chi connectivity index (χ4v) is 3.52. The lowest BCUT2D eigenvalue weighted by molar-refractivity contribution is 0.306. The summed E-state index contributed by atoms with van der Waals surface area (Å²) < 4.78 is 7.75. The number of aliphatic imine (C=N–C) groups is 1. The molecular formula is C25H33N5O. The van der Waals surface area contributed by atoms with Gasteiger partial charge in [0.05, 0.1) is 5.69 Å². The van der Waals surface area contributed by atoms with Gasteiger partial charge in [0.2, 0.25) is 0 Å². The Morgan fingerprint density at radius 1 is 1.06 bits per heavy atom. The predicted octanol–water partition coefficient (Wildman–Crippen LogP) is 3.91. The molecule has 0 radical (unpaired) electrons. The molecule has 1 aromatic heterocycles. The molecule has 0 aliphatic carbocycles. The number of ether oxygens (including phenoxy) is 1. The Morgan fingerprint density at radius 3 is 2.35 bits per heavy atom. The Kier molecular flexibility index (Phi) is 7.70. The van der Waals surface area contributed by atoms with Crippen LogP contribution in [-0.4, -0.2) is 28.8 Å². The third-order valence-corrected chi connectivity index (χ3v) is 5.41. The van der Waals surface area contributed by atoms with E-state index >= 15 is 0 Å². The van der Waals surface area contributed by atoms with E-state index in [-0.39, 0.29) is 6.04 Å². The van der Waals surface area contributed by atoms with Crippen molar-refractivity contribution in [2.24, 2.45) is 12.0 Å². The number of nitrogens with zero attached hydrogens (tertiary/aromatic N) is 3. The Labute approximate surface area is 185 Å². The van der Waals surface area contributed by atoms with Gasteiger partial charge in [0, 0.05) is 32.4 Å². The normalized spacial score (nSPS) is 12.5. The van der Waals surface area contributed by atoms with E-state index in [1.165, 1.54) is 16.8 Å². The molecule has 6 heteroatoms. The fraction of sp³-hybridized carbons (Fsp3) is 0.360. The third-order valence-electron chi connectivity index (χ3n) is 5.41. The first-order valence-corrected chi connectivity index (χ1v) is 10.7. The molecular weight excluding hydrogens is 386 g/mol. The summed E-state index contributed by atoms with van der Waals surface area (Å²) >= 11 is 0. The number of hydrogen-bond acceptors (Lipinski definition) is 3. The molecule has 2 N–H and O–H groups in total. The van der Waals surface area contributed by atoms with Crippen molar-refractivity contribution >= 4 is 5.96 Å². The van der Waals surface area contributed by atoms with Crippen LogP contribution in [0.2, 0.25) is 0 Å². The third kappa shape index (κ3) is 6.35. The fourth-order valence-electron chi connectivity index (χ4n) is 3.52. The zero-order chi connectivity index (χ0) is 22.2. The van der Waals surface area contributed by atoms with Gasteiger partial charge in [0.15, 0.2) is 5.96 Å². The molecule has 1 heterocycles. The molecule has 0 aliphatic rings. The smallest absolute Gasteiger partial charge is 0.191 e. The molecule has 2 aromatic carbocycles. The van der Waals surface area contributed by atoms with Crippen molar-refractivity contribution in [2.75, 3.05) is 7.05 Å². The van der Waals surface area contributed by atoms with Gasteiger partial charge >= 0.3 is 0 Å². The summed E-state index contributed by atoms with van der Waals surface area (Å²) in [5.41, 5.74) is 5.94. The summed E-state index contributed by atoms with van der Waals surface area (Å²) in [6.45, 7) is 7.61. The lowest BCUT2D eigenvalue weighted by atomic mass is 10.1. The maximum Gasteiger partial charge on any atom is 0.191 e. The van der Waals surface area contributed by atoms with Gasteiger partial charge in [-0.3, -0.25) is 9.67 Å². The summed E-state index contributed by atoms with van der Waals surface area (Å²) in [6.07, 6.45) is 0.905. The van der Waals surface area contributed by atoms with E-state index in [9.17, 15) is 0 Å². The van der Waals surface area contributed by atoms with Gasteiger partial charge in [0.1, 0.15) is 12.4 Å². The molecule has 0 aliphatic heterocycles. The van der Waals surface area contributed by atoms with E-state index < -0.39 is 0 Å². The predicted molar refractivity (Wildman–Crippen MR) is 126 cm³/mol. The van der Waals surface area contributed by atoms with Crippen molar-refractivity contribution in [2.45, 2.75) is 46.4 Å². The monoisotopic (exact) mass is 419 g/mol. The summed E-state index contributed by atoms with van der Waals surface area (Å²) in [6, 6.07) is 18.6. The standard InChI is InChI=1S/C25H33N5O/c1-18(15-24-19(2)29-30(5)20(24)3)28-25(26-4)27-16-21-11-13-22(14-12-21)17-31-23-9-7-6-8-10-23/h6-14,18H,15-17H2,1-5H3,(H2,26,27,28). The van der Waals surface area contributed by atoms with Gasteiger partial charge in [-0.1, -0.05) is 42.5 Å². The van der Waals surface area contributed by atoms with Crippen LogP contribution in [-0.2, 0) is 26.6 Å². The van der Waals surface area contributed by atoms with Crippen LogP contribution in [0.5, 0.6) is 5.75 Å². The minimum Gasteiger partial charge on any atom is -0.489 e. The molecule has 3 rings (SSSR count). The van der Waals surface area contributed by atoms with E-state index in [1.807, 2.05) is 42.1 Å². The summed E-state index contributed by atoms with van der Waals surface area (Å²) in [5.74, 6) is 1.68. The van der Waals surface area contributed by atoms with E-state index in [2.05, 4.69) is 65.8 Å². The second-order valence-electron chi connectivity index (χ2n) is 7.87. The highest BCUT2D eigenvalue weighted by Crippen LogP contribution is 2.14. The minimum atomic E-state index is 0.241. The highest BCUT2D eigenvalue weighted by atomic mass is 16.5. The summed E-state index contributed by atoms with van der Waals surface area (Å²) in [7, 11) is 3.79. The molecule has 0 saturated heterocycles. The zero-order valence-corrected chi connectivity index (χ0v) is 19.1. The second kappa shape index (κ2) is 10.7. The number of rotatable bonds is 8. The average Bonchev–Trinajstić information content (AvgIpc) is 3.02. The Balaban J connectivity index is 1.47. The Morgan fingerprint density at radius 2 is 1.74 bits per heavy atom. The molecule has 0 bridgehead atoms. The van der Waals surface area contributed by atoms with Crippen LogP contribution < -0.4 is 15.4 Å². The Bertz CT molecular complexity index is 993. The molecule has 0 fully saturated rings. The van der Waals surface area contributed by atoms with Gasteiger partial charge in [-0.2, -0.15) is 5.10 Å². The van der Waals surface area contributed by atoms with Crippen molar-refractivity contribution in [3.63, 3.8) is 0 Å². The van der Waals surface area contributed by atoms with Gasteiger partial charge in [-0.25, -0.2) is 0 Å². The summed E-state index contributed by atoms with van der Waals surface area (Å²) in [4.78, 5) is 4.37. The van der Waals surface area contributed by atoms with Crippen molar-refractivity contribution in [3.05, 3.63) is 82.7 Å². The number of para-hydroxylation sites is 1.